The molecule has 2 N–H and O–H groups in total. The summed E-state index contributed by atoms with van der Waals surface area (Å²) in [5.41, 5.74) is 3.22. The summed E-state index contributed by atoms with van der Waals surface area (Å²) in [6.45, 7) is 5.74. The number of piperidine rings is 1. The molecular weight excluding hydrogens is 462 g/mol. The first-order valence-corrected chi connectivity index (χ1v) is 14.0. The number of carbonyl (C=O) groups excluding carboxylic acids is 2. The molecule has 7 nitrogen and oxygen atoms in total. The second-order valence-electron chi connectivity index (χ2n) is 10.0. The molecule has 1 aliphatic carbocycles. The Morgan fingerprint density at radius 2 is 1.71 bits per heavy atom. The van der Waals surface area contributed by atoms with Crippen LogP contribution in [-0.2, 0) is 27.7 Å². The molecule has 1 atom stereocenters. The average Bonchev–Trinajstić information content (AvgIpc) is 2.87. The van der Waals surface area contributed by atoms with Crippen LogP contribution in [-0.4, -0.2) is 44.8 Å². The van der Waals surface area contributed by atoms with Crippen molar-refractivity contribution < 1.29 is 18.0 Å². The van der Waals surface area contributed by atoms with E-state index >= 15 is 0 Å². The molecule has 2 aromatic rings. The van der Waals surface area contributed by atoms with Crippen LogP contribution in [0, 0.1) is 11.8 Å². The summed E-state index contributed by atoms with van der Waals surface area (Å²) in [4.78, 5) is 27.5. The molecule has 0 spiro atoms. The molecule has 0 radical (unpaired) electrons. The normalized spacial score (nSPS) is 18.1. The molecule has 0 aromatic heterocycles. The number of hydrogen-bond acceptors (Lipinski definition) is 4. The van der Waals surface area contributed by atoms with Gasteiger partial charge in [-0.05, 0) is 92.0 Å². The lowest BCUT2D eigenvalue weighted by Crippen LogP contribution is -2.46. The van der Waals surface area contributed by atoms with E-state index in [4.69, 9.17) is 0 Å². The van der Waals surface area contributed by atoms with Gasteiger partial charge in [-0.2, -0.15) is 0 Å². The topological polar surface area (TPSA) is 95.6 Å². The van der Waals surface area contributed by atoms with Crippen molar-refractivity contribution >= 4 is 27.5 Å². The lowest BCUT2D eigenvalue weighted by Gasteiger charge is -2.32. The van der Waals surface area contributed by atoms with E-state index in [0.717, 1.165) is 44.1 Å². The van der Waals surface area contributed by atoms with Crippen LogP contribution < -0.4 is 10.0 Å². The molecule has 0 bridgehead atoms. The third-order valence-electron chi connectivity index (χ3n) is 6.78. The minimum absolute atomic E-state index is 0.00290. The first-order valence-electron chi connectivity index (χ1n) is 12.5. The molecule has 1 heterocycles. The zero-order chi connectivity index (χ0) is 25.0. The van der Waals surface area contributed by atoms with Crippen molar-refractivity contribution in [2.24, 2.45) is 11.8 Å². The van der Waals surface area contributed by atoms with Gasteiger partial charge in [-0.3, -0.25) is 14.3 Å². The minimum Gasteiger partial charge on any atom is -0.356 e. The van der Waals surface area contributed by atoms with E-state index in [-0.39, 0.29) is 22.6 Å². The van der Waals surface area contributed by atoms with E-state index in [0.29, 0.717) is 36.8 Å². The molecule has 188 valence electrons. The maximum Gasteiger partial charge on any atom is 0.261 e. The van der Waals surface area contributed by atoms with Crippen LogP contribution in [0.4, 0.5) is 5.69 Å². The summed E-state index contributed by atoms with van der Waals surface area (Å²) in [5.74, 6) is 0.0381. The SMILES string of the molecule is CC(C)CNC(=O)C1CCCN(C(=O)c2ccc(NS(=O)(=O)c3ccc4c(c3)CCCC4)cc2)C1. The van der Waals surface area contributed by atoms with Gasteiger partial charge >= 0.3 is 0 Å². The van der Waals surface area contributed by atoms with Crippen molar-refractivity contribution in [2.45, 2.75) is 57.3 Å². The third kappa shape index (κ3) is 6.23. The van der Waals surface area contributed by atoms with Gasteiger partial charge in [0.15, 0.2) is 0 Å². The fourth-order valence-corrected chi connectivity index (χ4v) is 5.89. The van der Waals surface area contributed by atoms with Gasteiger partial charge in [-0.1, -0.05) is 19.9 Å². The molecule has 1 unspecified atom stereocenters. The van der Waals surface area contributed by atoms with Crippen molar-refractivity contribution in [2.75, 3.05) is 24.4 Å². The molecular formula is C27H35N3O4S. The highest BCUT2D eigenvalue weighted by molar-refractivity contribution is 7.92. The molecule has 1 aliphatic heterocycles. The minimum atomic E-state index is -3.72. The van der Waals surface area contributed by atoms with E-state index in [2.05, 4.69) is 10.0 Å². The number of fused-ring (bicyclic) bond motifs is 1. The smallest absolute Gasteiger partial charge is 0.261 e. The number of hydrogen-bond donors (Lipinski definition) is 2. The van der Waals surface area contributed by atoms with Crippen LogP contribution in [0.2, 0.25) is 0 Å². The van der Waals surface area contributed by atoms with Crippen LogP contribution >= 0.6 is 0 Å². The number of nitrogens with one attached hydrogen (secondary N) is 2. The van der Waals surface area contributed by atoms with Crippen molar-refractivity contribution in [1.82, 2.24) is 10.2 Å². The lowest BCUT2D eigenvalue weighted by atomic mass is 9.92. The monoisotopic (exact) mass is 497 g/mol. The van der Waals surface area contributed by atoms with Gasteiger partial charge in [-0.25, -0.2) is 8.42 Å². The summed E-state index contributed by atoms with van der Waals surface area (Å²) < 4.78 is 28.5. The molecule has 2 aromatic carbocycles. The molecule has 1 saturated heterocycles. The summed E-state index contributed by atoms with van der Waals surface area (Å²) in [7, 11) is -3.72. The highest BCUT2D eigenvalue weighted by Crippen LogP contribution is 2.26. The number of rotatable bonds is 7. The van der Waals surface area contributed by atoms with E-state index in [1.165, 1.54) is 5.56 Å². The second-order valence-corrected chi connectivity index (χ2v) is 11.7. The van der Waals surface area contributed by atoms with Gasteiger partial charge in [0.1, 0.15) is 0 Å². The number of aryl methyl sites for hydroxylation is 2. The molecule has 2 amide bonds. The van der Waals surface area contributed by atoms with Crippen molar-refractivity contribution in [3.05, 3.63) is 59.2 Å². The van der Waals surface area contributed by atoms with E-state index in [1.54, 1.807) is 41.3 Å². The number of benzene rings is 2. The Morgan fingerprint density at radius 3 is 2.43 bits per heavy atom. The molecule has 35 heavy (non-hydrogen) atoms. The zero-order valence-corrected chi connectivity index (χ0v) is 21.4. The molecule has 1 fully saturated rings. The Morgan fingerprint density at radius 1 is 1.00 bits per heavy atom. The van der Waals surface area contributed by atoms with Crippen LogP contribution in [0.15, 0.2) is 47.4 Å². The Hall–Kier alpha value is -2.87. The van der Waals surface area contributed by atoms with Gasteiger partial charge < -0.3 is 10.2 Å². The Bertz CT molecular complexity index is 1180. The summed E-state index contributed by atoms with van der Waals surface area (Å²) in [5, 5.41) is 2.97. The third-order valence-corrected chi connectivity index (χ3v) is 8.16. The van der Waals surface area contributed by atoms with Gasteiger partial charge in [0.25, 0.3) is 15.9 Å². The van der Waals surface area contributed by atoms with Crippen molar-refractivity contribution in [3.8, 4) is 0 Å². The maximum atomic E-state index is 13.0. The van der Waals surface area contributed by atoms with Gasteiger partial charge in [0.2, 0.25) is 5.91 Å². The standard InChI is InChI=1S/C27H35N3O4S/c1-19(2)17-28-26(31)23-8-5-15-30(18-23)27(32)21-9-12-24(13-10-21)29-35(33,34)25-14-11-20-6-3-4-7-22(20)16-25/h9-14,16,19,23,29H,3-8,15,17-18H2,1-2H3,(H,28,31). The molecule has 0 saturated carbocycles. The number of anilines is 1. The van der Waals surface area contributed by atoms with E-state index < -0.39 is 10.0 Å². The maximum absolute atomic E-state index is 13.0. The van der Waals surface area contributed by atoms with Gasteiger partial charge in [0.05, 0.1) is 10.8 Å². The Labute approximate surface area is 208 Å². The average molecular weight is 498 g/mol. The number of likely N-dealkylation sites (tertiary alicyclic amines) is 1. The first kappa shape index (κ1) is 25.2. The van der Waals surface area contributed by atoms with Crippen molar-refractivity contribution in [1.29, 1.82) is 0 Å². The number of nitrogens with zero attached hydrogens (tertiary/aromatic N) is 1. The number of sulfonamides is 1. The second kappa shape index (κ2) is 10.8. The highest BCUT2D eigenvalue weighted by atomic mass is 32.2. The van der Waals surface area contributed by atoms with E-state index in [9.17, 15) is 18.0 Å². The van der Waals surface area contributed by atoms with Gasteiger partial charge in [-0.15, -0.1) is 0 Å². The fraction of sp³-hybridized carbons (Fsp3) is 0.481. The van der Waals surface area contributed by atoms with Crippen LogP contribution in [0.25, 0.3) is 0 Å². The highest BCUT2D eigenvalue weighted by Gasteiger charge is 2.29. The zero-order valence-electron chi connectivity index (χ0n) is 20.5. The Kier molecular flexibility index (Phi) is 7.79. The Balaban J connectivity index is 1.39. The molecule has 8 heteroatoms. The number of carbonyl (C=O) groups is 2. The van der Waals surface area contributed by atoms with E-state index in [1.807, 2.05) is 19.9 Å². The quantitative estimate of drug-likeness (QED) is 0.605. The predicted octanol–water partition coefficient (Wildman–Crippen LogP) is 3.99. The van der Waals surface area contributed by atoms with Crippen molar-refractivity contribution in [3.63, 3.8) is 0 Å². The summed E-state index contributed by atoms with van der Waals surface area (Å²) in [6.07, 6.45) is 5.69. The van der Waals surface area contributed by atoms with Gasteiger partial charge in [0, 0.05) is 30.9 Å². The summed E-state index contributed by atoms with van der Waals surface area (Å²) in [6, 6.07) is 11.8. The molecule has 4 rings (SSSR count). The molecule has 2 aliphatic rings. The van der Waals surface area contributed by atoms with Crippen LogP contribution in [0.5, 0.6) is 0 Å². The first-order chi connectivity index (χ1) is 16.7. The lowest BCUT2D eigenvalue weighted by molar-refractivity contribution is -0.126. The predicted molar refractivity (Wildman–Crippen MR) is 137 cm³/mol. The number of amides is 2. The van der Waals surface area contributed by atoms with Crippen LogP contribution in [0.3, 0.4) is 0 Å². The largest absolute Gasteiger partial charge is 0.356 e. The summed E-state index contributed by atoms with van der Waals surface area (Å²) >= 11 is 0. The van der Waals surface area contributed by atoms with Crippen LogP contribution in [0.1, 0.15) is 61.0 Å². The fourth-order valence-electron chi connectivity index (χ4n) is 4.78.